The SMILES string of the molecule is CCCn1c(N)c(NCC(=O)NC2CC2)c(=O)n(C)c1=O. The first-order valence-corrected chi connectivity index (χ1v) is 7.08. The minimum Gasteiger partial charge on any atom is -0.383 e. The number of rotatable bonds is 6. The van der Waals surface area contributed by atoms with E-state index >= 15 is 0 Å². The molecule has 8 nitrogen and oxygen atoms in total. The highest BCUT2D eigenvalue weighted by atomic mass is 16.2. The van der Waals surface area contributed by atoms with Gasteiger partial charge < -0.3 is 16.4 Å². The maximum Gasteiger partial charge on any atom is 0.332 e. The van der Waals surface area contributed by atoms with Crippen LogP contribution in [0, 0.1) is 0 Å². The van der Waals surface area contributed by atoms with Gasteiger partial charge in [-0.2, -0.15) is 0 Å². The topological polar surface area (TPSA) is 111 Å². The molecular formula is C13H21N5O3. The monoisotopic (exact) mass is 295 g/mol. The highest BCUT2D eigenvalue weighted by molar-refractivity contribution is 5.82. The van der Waals surface area contributed by atoms with Crippen molar-refractivity contribution in [2.45, 2.75) is 38.8 Å². The Labute approximate surface area is 121 Å². The van der Waals surface area contributed by atoms with Gasteiger partial charge in [0, 0.05) is 19.6 Å². The number of nitrogens with zero attached hydrogens (tertiary/aromatic N) is 2. The third-order valence-corrected chi connectivity index (χ3v) is 3.40. The first-order valence-electron chi connectivity index (χ1n) is 7.08. The summed E-state index contributed by atoms with van der Waals surface area (Å²) in [6.45, 7) is 2.29. The molecule has 0 bridgehead atoms. The number of hydrogen-bond acceptors (Lipinski definition) is 5. The van der Waals surface area contributed by atoms with Crippen LogP contribution in [0.2, 0.25) is 0 Å². The Balaban J connectivity index is 2.23. The van der Waals surface area contributed by atoms with Gasteiger partial charge in [0.2, 0.25) is 5.91 Å². The van der Waals surface area contributed by atoms with E-state index in [-0.39, 0.29) is 30.0 Å². The molecule has 4 N–H and O–H groups in total. The second-order valence-electron chi connectivity index (χ2n) is 5.25. The third kappa shape index (κ3) is 3.26. The van der Waals surface area contributed by atoms with E-state index in [1.807, 2.05) is 6.92 Å². The van der Waals surface area contributed by atoms with Gasteiger partial charge in [0.1, 0.15) is 11.5 Å². The van der Waals surface area contributed by atoms with Gasteiger partial charge in [-0.1, -0.05) is 6.92 Å². The minimum absolute atomic E-state index is 0.0414. The lowest BCUT2D eigenvalue weighted by Gasteiger charge is -2.15. The van der Waals surface area contributed by atoms with Crippen molar-refractivity contribution in [3.8, 4) is 0 Å². The van der Waals surface area contributed by atoms with E-state index in [0.717, 1.165) is 17.4 Å². The molecule has 0 aromatic carbocycles. The largest absolute Gasteiger partial charge is 0.383 e. The van der Waals surface area contributed by atoms with Crippen LogP contribution in [0.25, 0.3) is 0 Å². The Hall–Kier alpha value is -2.25. The van der Waals surface area contributed by atoms with Crippen molar-refractivity contribution in [1.29, 1.82) is 0 Å². The van der Waals surface area contributed by atoms with Crippen molar-refractivity contribution in [2.75, 3.05) is 17.6 Å². The van der Waals surface area contributed by atoms with E-state index in [1.54, 1.807) is 0 Å². The summed E-state index contributed by atoms with van der Waals surface area (Å²) in [6.07, 6.45) is 2.71. The fourth-order valence-electron chi connectivity index (χ4n) is 2.06. The number of hydrogen-bond donors (Lipinski definition) is 3. The molecule has 1 fully saturated rings. The number of nitrogens with one attached hydrogen (secondary N) is 2. The Kier molecular flexibility index (Phi) is 4.35. The Morgan fingerprint density at radius 2 is 2.05 bits per heavy atom. The maximum atomic E-state index is 12.1. The zero-order chi connectivity index (χ0) is 15.6. The Morgan fingerprint density at radius 3 is 2.62 bits per heavy atom. The van der Waals surface area contributed by atoms with Crippen LogP contribution < -0.4 is 27.6 Å². The number of carbonyl (C=O) groups is 1. The third-order valence-electron chi connectivity index (χ3n) is 3.40. The molecule has 1 aliphatic rings. The summed E-state index contributed by atoms with van der Waals surface area (Å²) in [5.74, 6) is -0.114. The van der Waals surface area contributed by atoms with Gasteiger partial charge in [-0.05, 0) is 19.3 Å². The first kappa shape index (κ1) is 15.1. The summed E-state index contributed by atoms with van der Waals surface area (Å²) >= 11 is 0. The molecule has 0 spiro atoms. The molecule has 1 aliphatic carbocycles. The fraction of sp³-hybridized carbons (Fsp3) is 0.615. The summed E-state index contributed by atoms with van der Waals surface area (Å²) in [6, 6.07) is 0.258. The average Bonchev–Trinajstić information content (AvgIpc) is 3.25. The molecule has 21 heavy (non-hydrogen) atoms. The molecule has 0 aliphatic heterocycles. The van der Waals surface area contributed by atoms with Crippen LogP contribution >= 0.6 is 0 Å². The van der Waals surface area contributed by atoms with Crippen LogP contribution in [-0.2, 0) is 18.4 Å². The zero-order valence-electron chi connectivity index (χ0n) is 12.3. The van der Waals surface area contributed by atoms with Crippen molar-refractivity contribution in [3.63, 3.8) is 0 Å². The molecule has 0 radical (unpaired) electrons. The fourth-order valence-corrected chi connectivity index (χ4v) is 2.06. The van der Waals surface area contributed by atoms with E-state index in [2.05, 4.69) is 10.6 Å². The molecule has 1 saturated carbocycles. The average molecular weight is 295 g/mol. The van der Waals surface area contributed by atoms with Crippen LogP contribution in [0.3, 0.4) is 0 Å². The number of aromatic nitrogens is 2. The second kappa shape index (κ2) is 6.02. The molecule has 116 valence electrons. The summed E-state index contributed by atoms with van der Waals surface area (Å²) in [5.41, 5.74) is 5.01. The van der Waals surface area contributed by atoms with Gasteiger partial charge in [-0.15, -0.1) is 0 Å². The van der Waals surface area contributed by atoms with Crippen molar-refractivity contribution < 1.29 is 4.79 Å². The summed E-state index contributed by atoms with van der Waals surface area (Å²) in [4.78, 5) is 35.7. The van der Waals surface area contributed by atoms with Crippen LogP contribution in [0.4, 0.5) is 11.5 Å². The molecule has 1 heterocycles. The van der Waals surface area contributed by atoms with Gasteiger partial charge in [0.05, 0.1) is 6.54 Å². The van der Waals surface area contributed by atoms with Gasteiger partial charge in [-0.25, -0.2) is 4.79 Å². The highest BCUT2D eigenvalue weighted by Crippen LogP contribution is 2.18. The zero-order valence-corrected chi connectivity index (χ0v) is 12.3. The standard InChI is InChI=1S/C13H21N5O3/c1-3-6-18-11(14)10(12(20)17(2)13(18)21)15-7-9(19)16-8-4-5-8/h8,15H,3-7,14H2,1-2H3,(H,16,19). The molecule has 1 aromatic heterocycles. The first-order chi connectivity index (χ1) is 9.95. The normalized spacial score (nSPS) is 14.0. The highest BCUT2D eigenvalue weighted by Gasteiger charge is 2.23. The molecule has 1 aromatic rings. The quantitative estimate of drug-likeness (QED) is 0.638. The lowest BCUT2D eigenvalue weighted by atomic mass is 10.4. The van der Waals surface area contributed by atoms with Gasteiger partial charge in [0.15, 0.2) is 0 Å². The number of carbonyl (C=O) groups excluding carboxylic acids is 1. The predicted molar refractivity (Wildman–Crippen MR) is 80.3 cm³/mol. The molecule has 0 saturated heterocycles. The van der Waals surface area contributed by atoms with E-state index < -0.39 is 11.2 Å². The number of anilines is 2. The molecule has 0 unspecified atom stereocenters. The predicted octanol–water partition coefficient (Wildman–Crippen LogP) is -0.770. The van der Waals surface area contributed by atoms with Gasteiger partial charge in [0.25, 0.3) is 5.56 Å². The molecule has 2 rings (SSSR count). The van der Waals surface area contributed by atoms with E-state index in [0.29, 0.717) is 13.0 Å². The maximum absolute atomic E-state index is 12.1. The number of nitrogen functional groups attached to an aromatic ring is 1. The van der Waals surface area contributed by atoms with Crippen molar-refractivity contribution in [1.82, 2.24) is 14.5 Å². The molecule has 1 amide bonds. The summed E-state index contributed by atoms with van der Waals surface area (Å²) in [7, 11) is 1.39. The number of amides is 1. The van der Waals surface area contributed by atoms with E-state index in [1.165, 1.54) is 11.6 Å². The van der Waals surface area contributed by atoms with Crippen LogP contribution in [0.15, 0.2) is 9.59 Å². The molecule has 0 atom stereocenters. The Bertz CT molecular complexity index is 657. The van der Waals surface area contributed by atoms with Gasteiger partial charge >= 0.3 is 5.69 Å². The van der Waals surface area contributed by atoms with E-state index in [9.17, 15) is 14.4 Å². The van der Waals surface area contributed by atoms with Crippen molar-refractivity contribution in [3.05, 3.63) is 20.8 Å². The van der Waals surface area contributed by atoms with Crippen molar-refractivity contribution in [2.24, 2.45) is 7.05 Å². The molecular weight excluding hydrogens is 274 g/mol. The van der Waals surface area contributed by atoms with E-state index in [4.69, 9.17) is 5.73 Å². The lowest BCUT2D eigenvalue weighted by Crippen LogP contribution is -2.42. The smallest absolute Gasteiger partial charge is 0.332 e. The minimum atomic E-state index is -0.524. The van der Waals surface area contributed by atoms with Gasteiger partial charge in [-0.3, -0.25) is 18.7 Å². The van der Waals surface area contributed by atoms with Crippen LogP contribution in [0.5, 0.6) is 0 Å². The summed E-state index contributed by atoms with van der Waals surface area (Å²) in [5, 5.41) is 5.56. The Morgan fingerprint density at radius 1 is 1.38 bits per heavy atom. The lowest BCUT2D eigenvalue weighted by molar-refractivity contribution is -0.119. The van der Waals surface area contributed by atoms with Crippen LogP contribution in [0.1, 0.15) is 26.2 Å². The van der Waals surface area contributed by atoms with Crippen molar-refractivity contribution >= 4 is 17.4 Å². The molecule has 8 heteroatoms. The number of nitrogens with two attached hydrogens (primary N) is 1. The summed E-state index contributed by atoms with van der Waals surface area (Å²) < 4.78 is 2.33. The van der Waals surface area contributed by atoms with Crippen LogP contribution in [-0.4, -0.2) is 27.6 Å². The second-order valence-corrected chi connectivity index (χ2v) is 5.25.